The minimum atomic E-state index is -4.33. The van der Waals surface area contributed by atoms with Gasteiger partial charge in [0, 0.05) is 13.0 Å². The Kier molecular flexibility index (Phi) is 35.0. The zero-order valence-corrected chi connectivity index (χ0v) is 35.3. The summed E-state index contributed by atoms with van der Waals surface area (Å²) in [7, 11) is 1.56. The van der Waals surface area contributed by atoms with E-state index in [4.69, 9.17) is 14.2 Å². The predicted octanol–water partition coefficient (Wildman–Crippen LogP) is 10.3. The highest BCUT2D eigenvalue weighted by atomic mass is 31.2. The average Bonchev–Trinajstić information content (AvgIpc) is 3.10. The number of likely N-dealkylation sites (N-methyl/N-ethyl adjacent to an activating group) is 1. The van der Waals surface area contributed by atoms with Crippen LogP contribution in [0, 0.1) is 0 Å². The van der Waals surface area contributed by atoms with E-state index in [0.717, 1.165) is 70.6 Å². The van der Waals surface area contributed by atoms with Crippen LogP contribution in [0.1, 0.15) is 161 Å². The van der Waals surface area contributed by atoms with Gasteiger partial charge in [0.25, 0.3) is 0 Å². The first kappa shape index (κ1) is 51.4. The number of phosphoric acid groups is 1. The van der Waals surface area contributed by atoms with Crippen LogP contribution in [0.4, 0.5) is 0 Å². The van der Waals surface area contributed by atoms with Crippen LogP contribution < -0.4 is 5.32 Å². The smallest absolute Gasteiger partial charge is 0.396 e. The normalized spacial score (nSPS) is 14.9. The molecule has 0 bridgehead atoms. The second-order valence-electron chi connectivity index (χ2n) is 15.4. The average molecular weight is 770 g/mol. The van der Waals surface area contributed by atoms with Crippen molar-refractivity contribution in [3.63, 3.8) is 0 Å². The maximum absolute atomic E-state index is 12.8. The molecule has 0 aliphatic heterocycles. The molecule has 0 fully saturated rings. The Bertz CT molecular complexity index is 1010. The summed E-state index contributed by atoms with van der Waals surface area (Å²) in [5.74, 6) is -0.210. The van der Waals surface area contributed by atoms with Gasteiger partial charge in [-0.2, -0.15) is 0 Å². The summed E-state index contributed by atoms with van der Waals surface area (Å²) >= 11 is 0. The van der Waals surface area contributed by atoms with Crippen LogP contribution in [0.2, 0.25) is 0 Å². The van der Waals surface area contributed by atoms with E-state index in [2.05, 4.69) is 60.8 Å². The van der Waals surface area contributed by atoms with Crippen molar-refractivity contribution >= 4 is 13.7 Å². The fourth-order valence-electron chi connectivity index (χ4n) is 5.72. The molecule has 0 aromatic carbocycles. The molecule has 0 aromatic heterocycles. The van der Waals surface area contributed by atoms with Crippen LogP contribution in [0.3, 0.4) is 0 Å². The van der Waals surface area contributed by atoms with Gasteiger partial charge in [0.2, 0.25) is 5.91 Å². The fraction of sp³-hybridized carbons (Fsp3) is 0.791. The number of nitrogens with zero attached hydrogens (tertiary/aromatic N) is 1. The van der Waals surface area contributed by atoms with Gasteiger partial charge in [-0.05, 0) is 57.8 Å². The lowest BCUT2D eigenvalue weighted by Crippen LogP contribution is -2.46. The van der Waals surface area contributed by atoms with Gasteiger partial charge in [-0.1, -0.05) is 145 Å². The lowest BCUT2D eigenvalue weighted by molar-refractivity contribution is -0.870. The van der Waals surface area contributed by atoms with E-state index >= 15 is 0 Å². The van der Waals surface area contributed by atoms with E-state index < -0.39 is 20.0 Å². The van der Waals surface area contributed by atoms with Gasteiger partial charge < -0.3 is 24.9 Å². The standard InChI is InChI=1S/C43H81N2O7P/c1-5-6-7-8-9-10-11-17-20-23-26-29-32-35-42(47)41(40-52-53(49,50)51-39-37-45(2,3)4)44-43(48)36-33-30-27-24-21-18-15-13-12-14-16-19-22-25-28-31-34-38-46/h12,14-15,18-19,22,24,27,41-42,46-47H,5-11,13,16-17,20-21,23,25-26,28-40H2,1-4H3,(H-,44,48,49,50)/p+1/b14-12-,18-15-,22-19-,27-24-/t41-,42+/m0/s1. The monoisotopic (exact) mass is 770 g/mol. The highest BCUT2D eigenvalue weighted by molar-refractivity contribution is 7.47. The third kappa shape index (κ3) is 38.5. The summed E-state index contributed by atoms with van der Waals surface area (Å²) in [6, 6.07) is -0.796. The quantitative estimate of drug-likeness (QED) is 0.0213. The number of unbranched alkanes of at least 4 members (excludes halogenated alkanes) is 16. The van der Waals surface area contributed by atoms with Crippen molar-refractivity contribution in [3.8, 4) is 0 Å². The Morgan fingerprint density at radius 3 is 1.66 bits per heavy atom. The highest BCUT2D eigenvalue weighted by Crippen LogP contribution is 2.43. The van der Waals surface area contributed by atoms with E-state index in [1.807, 2.05) is 21.1 Å². The summed E-state index contributed by atoms with van der Waals surface area (Å²) in [6.07, 6.45) is 41.5. The van der Waals surface area contributed by atoms with Gasteiger partial charge in [0.1, 0.15) is 13.2 Å². The van der Waals surface area contributed by atoms with Crippen molar-refractivity contribution < 1.29 is 38.0 Å². The Balaban J connectivity index is 4.51. The number of carbonyl (C=O) groups excluding carboxylic acids is 1. The molecular weight excluding hydrogens is 687 g/mol. The summed E-state index contributed by atoms with van der Waals surface area (Å²) in [4.78, 5) is 23.1. The first-order chi connectivity index (χ1) is 25.5. The van der Waals surface area contributed by atoms with Crippen molar-refractivity contribution in [2.24, 2.45) is 0 Å². The van der Waals surface area contributed by atoms with Crippen molar-refractivity contribution in [1.29, 1.82) is 0 Å². The predicted molar refractivity (Wildman–Crippen MR) is 223 cm³/mol. The van der Waals surface area contributed by atoms with Crippen LogP contribution in [0.25, 0.3) is 0 Å². The van der Waals surface area contributed by atoms with E-state index in [-0.39, 0.29) is 25.7 Å². The summed E-state index contributed by atoms with van der Waals surface area (Å²) < 4.78 is 23.5. The fourth-order valence-corrected chi connectivity index (χ4v) is 6.46. The molecule has 3 atom stereocenters. The number of carbonyl (C=O) groups is 1. The molecule has 1 unspecified atom stereocenters. The molecule has 0 saturated carbocycles. The minimum Gasteiger partial charge on any atom is -0.396 e. The maximum atomic E-state index is 12.8. The molecule has 0 spiro atoms. The zero-order chi connectivity index (χ0) is 39.3. The largest absolute Gasteiger partial charge is 0.472 e. The lowest BCUT2D eigenvalue weighted by Gasteiger charge is -2.26. The molecule has 9 nitrogen and oxygen atoms in total. The number of hydrogen-bond donors (Lipinski definition) is 4. The third-order valence-corrected chi connectivity index (χ3v) is 10.1. The van der Waals surface area contributed by atoms with Crippen LogP contribution in [-0.2, 0) is 18.4 Å². The Morgan fingerprint density at radius 1 is 0.679 bits per heavy atom. The number of aliphatic hydroxyl groups is 2. The number of allylic oxidation sites excluding steroid dienone is 8. The van der Waals surface area contributed by atoms with Gasteiger partial charge in [0.15, 0.2) is 0 Å². The van der Waals surface area contributed by atoms with Crippen LogP contribution in [-0.4, -0.2) is 85.2 Å². The second kappa shape index (κ2) is 36.1. The van der Waals surface area contributed by atoms with E-state index in [0.29, 0.717) is 30.3 Å². The second-order valence-corrected chi connectivity index (χ2v) is 16.9. The van der Waals surface area contributed by atoms with Crippen molar-refractivity contribution in [3.05, 3.63) is 48.6 Å². The van der Waals surface area contributed by atoms with Crippen molar-refractivity contribution in [2.45, 2.75) is 173 Å². The van der Waals surface area contributed by atoms with Gasteiger partial charge >= 0.3 is 7.82 Å². The summed E-state index contributed by atoms with van der Waals surface area (Å²) in [5.41, 5.74) is 0. The molecule has 0 aromatic rings. The van der Waals surface area contributed by atoms with Gasteiger partial charge in [0.05, 0.1) is 39.9 Å². The summed E-state index contributed by atoms with van der Waals surface area (Å²) in [6.45, 7) is 2.83. The topological polar surface area (TPSA) is 125 Å². The highest BCUT2D eigenvalue weighted by Gasteiger charge is 2.28. The van der Waals surface area contributed by atoms with E-state index in [9.17, 15) is 19.4 Å². The number of hydrogen-bond acceptors (Lipinski definition) is 6. The molecule has 0 heterocycles. The zero-order valence-electron chi connectivity index (χ0n) is 34.4. The van der Waals surface area contributed by atoms with Gasteiger partial charge in [-0.25, -0.2) is 4.57 Å². The molecule has 0 saturated heterocycles. The van der Waals surface area contributed by atoms with E-state index in [1.165, 1.54) is 64.2 Å². The Hall–Kier alpha value is -1.58. The SMILES string of the molecule is CCCCCCCCCCCCCCC[C@@H](O)[C@H](COP(=O)(O)OCC[N+](C)(C)C)NC(=O)CCC/C=C\C/C=C\C/C=C\C/C=C\CCCCCO. The number of aliphatic hydroxyl groups excluding tert-OH is 2. The van der Waals surface area contributed by atoms with Crippen LogP contribution in [0.15, 0.2) is 48.6 Å². The van der Waals surface area contributed by atoms with Crippen molar-refractivity contribution in [1.82, 2.24) is 5.32 Å². The maximum Gasteiger partial charge on any atom is 0.472 e. The summed E-state index contributed by atoms with van der Waals surface area (Å²) in [5, 5.41) is 22.7. The van der Waals surface area contributed by atoms with Crippen molar-refractivity contribution in [2.75, 3.05) is 47.5 Å². The molecule has 0 radical (unpaired) electrons. The third-order valence-electron chi connectivity index (χ3n) is 9.13. The molecule has 310 valence electrons. The molecule has 0 rings (SSSR count). The van der Waals surface area contributed by atoms with Gasteiger partial charge in [-0.3, -0.25) is 13.8 Å². The number of quaternary nitrogens is 1. The molecule has 0 aliphatic carbocycles. The van der Waals surface area contributed by atoms with Crippen LogP contribution in [0.5, 0.6) is 0 Å². The van der Waals surface area contributed by atoms with Crippen LogP contribution >= 0.6 is 7.82 Å². The molecule has 1 amide bonds. The Morgan fingerprint density at radius 2 is 1.15 bits per heavy atom. The first-order valence-corrected chi connectivity index (χ1v) is 22.6. The van der Waals surface area contributed by atoms with E-state index in [1.54, 1.807) is 0 Å². The first-order valence-electron chi connectivity index (χ1n) is 21.1. The molecular formula is C43H82N2O7P+. The molecule has 4 N–H and O–H groups in total. The lowest BCUT2D eigenvalue weighted by atomic mass is 10.0. The molecule has 53 heavy (non-hydrogen) atoms. The minimum absolute atomic E-state index is 0.0577. The van der Waals surface area contributed by atoms with Gasteiger partial charge in [-0.15, -0.1) is 0 Å². The molecule has 0 aliphatic rings. The number of rotatable bonds is 38. The number of phosphoric ester groups is 1. The molecule has 10 heteroatoms. The number of amides is 1. The number of nitrogens with one attached hydrogen (secondary N) is 1. The Labute approximate surface area is 325 Å².